The predicted molar refractivity (Wildman–Crippen MR) is 77.3 cm³/mol. The van der Waals surface area contributed by atoms with Crippen LogP contribution in [0.4, 0.5) is 0 Å². The Hall–Kier alpha value is -2.03. The minimum atomic E-state index is -0.934. The Bertz CT molecular complexity index is 473. The zero-order valence-corrected chi connectivity index (χ0v) is 11.4. The number of aliphatic carboxylic acids is 1. The van der Waals surface area contributed by atoms with Crippen molar-refractivity contribution < 1.29 is 14.6 Å². The van der Waals surface area contributed by atoms with Gasteiger partial charge < -0.3 is 9.84 Å². The molecule has 0 saturated heterocycles. The predicted octanol–water partition coefficient (Wildman–Crippen LogP) is 3.91. The van der Waals surface area contributed by atoms with Gasteiger partial charge in [-0.3, -0.25) is 0 Å². The molecular formula is C16H20O3. The average Bonchev–Trinajstić information content (AvgIpc) is 2.42. The first-order chi connectivity index (χ1) is 9.17. The number of hydrogen-bond acceptors (Lipinski definition) is 2. The molecule has 1 aromatic carbocycles. The lowest BCUT2D eigenvalue weighted by atomic mass is 9.99. The van der Waals surface area contributed by atoms with E-state index in [0.717, 1.165) is 42.2 Å². The van der Waals surface area contributed by atoms with E-state index in [1.807, 2.05) is 30.3 Å². The molecule has 0 fully saturated rings. The van der Waals surface area contributed by atoms with Crippen molar-refractivity contribution in [2.24, 2.45) is 0 Å². The van der Waals surface area contributed by atoms with E-state index in [-0.39, 0.29) is 0 Å². The van der Waals surface area contributed by atoms with Crippen LogP contribution in [0.15, 0.2) is 42.5 Å². The van der Waals surface area contributed by atoms with Gasteiger partial charge >= 0.3 is 5.97 Å². The van der Waals surface area contributed by atoms with E-state index in [0.29, 0.717) is 0 Å². The molecule has 0 saturated carbocycles. The Labute approximate surface area is 114 Å². The molecule has 0 spiro atoms. The van der Waals surface area contributed by atoms with Gasteiger partial charge in [0.2, 0.25) is 0 Å². The number of ether oxygens (including phenoxy) is 1. The van der Waals surface area contributed by atoms with Gasteiger partial charge in [-0.1, -0.05) is 37.6 Å². The summed E-state index contributed by atoms with van der Waals surface area (Å²) in [4.78, 5) is 10.5. The average molecular weight is 260 g/mol. The fraction of sp³-hybridized carbons (Fsp3) is 0.312. The quantitative estimate of drug-likeness (QED) is 0.597. The van der Waals surface area contributed by atoms with Crippen LogP contribution in [0.2, 0.25) is 0 Å². The molecule has 0 aliphatic carbocycles. The van der Waals surface area contributed by atoms with E-state index in [4.69, 9.17) is 9.84 Å². The summed E-state index contributed by atoms with van der Waals surface area (Å²) in [7, 11) is 1.64. The van der Waals surface area contributed by atoms with Crippen LogP contribution in [-0.4, -0.2) is 18.2 Å². The molecule has 0 atom stereocenters. The number of rotatable bonds is 7. The first-order valence-electron chi connectivity index (χ1n) is 6.42. The van der Waals surface area contributed by atoms with Crippen molar-refractivity contribution >= 4 is 11.5 Å². The number of benzene rings is 1. The van der Waals surface area contributed by atoms with Crippen molar-refractivity contribution in [2.45, 2.75) is 26.2 Å². The SMILES string of the molecule is CCCCC(=CC=CC(=O)O)c1cccc(OC)c1. The standard InChI is InChI=1S/C16H20O3/c1-3-4-7-13(8-6-11-16(17)18)14-9-5-10-15(12-14)19-2/h5-6,8-12H,3-4,7H2,1-2H3,(H,17,18). The Kier molecular flexibility index (Phi) is 6.44. The zero-order valence-electron chi connectivity index (χ0n) is 11.4. The van der Waals surface area contributed by atoms with Crippen LogP contribution in [0.3, 0.4) is 0 Å². The number of carbonyl (C=O) groups is 1. The number of carboxylic acid groups (broad SMARTS) is 1. The summed E-state index contributed by atoms with van der Waals surface area (Å²) >= 11 is 0. The highest BCUT2D eigenvalue weighted by Gasteiger charge is 2.02. The molecule has 1 aromatic rings. The van der Waals surface area contributed by atoms with Gasteiger partial charge in [0.1, 0.15) is 5.75 Å². The highest BCUT2D eigenvalue weighted by molar-refractivity contribution is 5.81. The van der Waals surface area contributed by atoms with E-state index in [1.54, 1.807) is 13.2 Å². The Balaban J connectivity index is 2.97. The summed E-state index contributed by atoms with van der Waals surface area (Å²) in [5.74, 6) is -0.126. The van der Waals surface area contributed by atoms with Crippen molar-refractivity contribution in [2.75, 3.05) is 7.11 Å². The Morgan fingerprint density at radius 3 is 2.84 bits per heavy atom. The second kappa shape index (κ2) is 8.14. The maximum Gasteiger partial charge on any atom is 0.328 e. The van der Waals surface area contributed by atoms with Crippen molar-refractivity contribution in [3.8, 4) is 5.75 Å². The third kappa shape index (κ3) is 5.42. The molecule has 102 valence electrons. The molecule has 0 aliphatic rings. The molecule has 3 heteroatoms. The second-order valence-electron chi connectivity index (χ2n) is 4.22. The van der Waals surface area contributed by atoms with Gasteiger partial charge in [-0.25, -0.2) is 4.79 Å². The van der Waals surface area contributed by atoms with Crippen LogP contribution in [0.5, 0.6) is 5.75 Å². The minimum Gasteiger partial charge on any atom is -0.497 e. The van der Waals surface area contributed by atoms with Crippen LogP contribution >= 0.6 is 0 Å². The lowest BCUT2D eigenvalue weighted by molar-refractivity contribution is -0.131. The van der Waals surface area contributed by atoms with Gasteiger partial charge in [0.15, 0.2) is 0 Å². The molecule has 19 heavy (non-hydrogen) atoms. The highest BCUT2D eigenvalue weighted by atomic mass is 16.5. The van der Waals surface area contributed by atoms with Gasteiger partial charge in [0.05, 0.1) is 7.11 Å². The monoisotopic (exact) mass is 260 g/mol. The zero-order chi connectivity index (χ0) is 14.1. The lowest BCUT2D eigenvalue weighted by Crippen LogP contribution is -1.89. The van der Waals surface area contributed by atoms with E-state index < -0.39 is 5.97 Å². The second-order valence-corrected chi connectivity index (χ2v) is 4.22. The summed E-state index contributed by atoms with van der Waals surface area (Å²) in [6, 6.07) is 7.82. The van der Waals surface area contributed by atoms with Gasteiger partial charge in [0.25, 0.3) is 0 Å². The summed E-state index contributed by atoms with van der Waals surface area (Å²) in [5, 5.41) is 8.62. The highest BCUT2D eigenvalue weighted by Crippen LogP contribution is 2.24. The molecule has 0 amide bonds. The van der Waals surface area contributed by atoms with Crippen LogP contribution < -0.4 is 4.74 Å². The molecule has 0 aliphatic heterocycles. The van der Waals surface area contributed by atoms with Gasteiger partial charge in [0, 0.05) is 6.08 Å². The van der Waals surface area contributed by atoms with Crippen molar-refractivity contribution in [3.63, 3.8) is 0 Å². The van der Waals surface area contributed by atoms with Crippen LogP contribution in [-0.2, 0) is 4.79 Å². The number of allylic oxidation sites excluding steroid dienone is 3. The Morgan fingerprint density at radius 2 is 2.21 bits per heavy atom. The topological polar surface area (TPSA) is 46.5 Å². The lowest BCUT2D eigenvalue weighted by Gasteiger charge is -2.08. The van der Waals surface area contributed by atoms with Crippen LogP contribution in [0, 0.1) is 0 Å². The fourth-order valence-corrected chi connectivity index (χ4v) is 1.76. The summed E-state index contributed by atoms with van der Waals surface area (Å²) in [6.07, 6.45) is 7.68. The smallest absolute Gasteiger partial charge is 0.328 e. The van der Waals surface area contributed by atoms with E-state index in [9.17, 15) is 4.79 Å². The van der Waals surface area contributed by atoms with Gasteiger partial charge in [-0.2, -0.15) is 0 Å². The normalized spacial score (nSPS) is 11.8. The molecule has 1 N–H and O–H groups in total. The first kappa shape index (κ1) is 15.0. The maximum absolute atomic E-state index is 10.5. The molecule has 3 nitrogen and oxygen atoms in total. The van der Waals surface area contributed by atoms with E-state index in [2.05, 4.69) is 6.92 Å². The summed E-state index contributed by atoms with van der Waals surface area (Å²) in [6.45, 7) is 2.14. The Morgan fingerprint density at radius 1 is 1.42 bits per heavy atom. The third-order valence-electron chi connectivity index (χ3n) is 2.78. The molecule has 0 radical (unpaired) electrons. The maximum atomic E-state index is 10.5. The van der Waals surface area contributed by atoms with Crippen molar-refractivity contribution in [3.05, 3.63) is 48.1 Å². The number of hydrogen-bond donors (Lipinski definition) is 1. The van der Waals surface area contributed by atoms with Crippen LogP contribution in [0.25, 0.3) is 5.57 Å². The number of carboxylic acids is 1. The third-order valence-corrected chi connectivity index (χ3v) is 2.78. The largest absolute Gasteiger partial charge is 0.497 e. The van der Waals surface area contributed by atoms with E-state index >= 15 is 0 Å². The summed E-state index contributed by atoms with van der Waals surface area (Å²) in [5.41, 5.74) is 2.20. The van der Waals surface area contributed by atoms with Gasteiger partial charge in [-0.15, -0.1) is 0 Å². The molecule has 0 bridgehead atoms. The van der Waals surface area contributed by atoms with Gasteiger partial charge in [-0.05, 0) is 36.1 Å². The molecule has 1 rings (SSSR count). The molecular weight excluding hydrogens is 240 g/mol. The van der Waals surface area contributed by atoms with E-state index in [1.165, 1.54) is 0 Å². The summed E-state index contributed by atoms with van der Waals surface area (Å²) < 4.78 is 5.21. The number of unbranched alkanes of at least 4 members (excludes halogenated alkanes) is 1. The van der Waals surface area contributed by atoms with Crippen molar-refractivity contribution in [1.82, 2.24) is 0 Å². The number of methoxy groups -OCH3 is 1. The minimum absolute atomic E-state index is 0.808. The molecule has 0 heterocycles. The van der Waals surface area contributed by atoms with Crippen molar-refractivity contribution in [1.29, 1.82) is 0 Å². The molecule has 0 unspecified atom stereocenters. The fourth-order valence-electron chi connectivity index (χ4n) is 1.76. The van der Waals surface area contributed by atoms with Crippen LogP contribution in [0.1, 0.15) is 31.7 Å². The molecule has 0 aromatic heterocycles. The first-order valence-corrected chi connectivity index (χ1v) is 6.42.